The molecule has 1 aromatic carbocycles. The quantitative estimate of drug-likeness (QED) is 0.633. The Hall–Kier alpha value is -2.96. The minimum atomic E-state index is -0.290. The van der Waals surface area contributed by atoms with Crippen LogP contribution >= 0.6 is 0 Å². The van der Waals surface area contributed by atoms with Crippen molar-refractivity contribution in [1.29, 1.82) is 0 Å². The molecule has 0 bridgehead atoms. The maximum Gasteiger partial charge on any atom is 0.276 e. The number of hydrogen-bond donors (Lipinski definition) is 1. The van der Waals surface area contributed by atoms with E-state index in [4.69, 9.17) is 0 Å². The molecule has 1 N–H and O–H groups in total. The molecule has 0 spiro atoms. The Morgan fingerprint density at radius 3 is 2.55 bits per heavy atom. The number of fused-ring (bicyclic) bond motifs is 1. The third-order valence-electron chi connectivity index (χ3n) is 6.41. The first-order valence-corrected chi connectivity index (χ1v) is 11.0. The van der Waals surface area contributed by atoms with Crippen LogP contribution in [0.4, 0.5) is 4.39 Å². The minimum Gasteiger partial charge on any atom is -0.352 e. The molecule has 4 rings (SSSR count). The van der Waals surface area contributed by atoms with Gasteiger partial charge in [-0.2, -0.15) is 5.10 Å². The molecule has 0 unspecified atom stereocenters. The second kappa shape index (κ2) is 9.04. The van der Waals surface area contributed by atoms with Crippen molar-refractivity contribution < 1.29 is 9.18 Å². The van der Waals surface area contributed by atoms with E-state index >= 15 is 0 Å². The standard InChI is InChI=1S/C24H29FN4O2/c1-16-20-13-26-29(15-22(30)27-19-10-5-3-4-6-11-19)24(31)23(20)17(2)28(16)14-18-9-7-8-12-21(18)25/h7-9,12-13,19H,3-6,10-11,14-15H2,1-2H3,(H,27,30). The Balaban J connectivity index is 1.60. The van der Waals surface area contributed by atoms with Gasteiger partial charge in [0, 0.05) is 28.4 Å². The molecule has 2 heterocycles. The fourth-order valence-corrected chi connectivity index (χ4v) is 4.62. The molecule has 1 saturated carbocycles. The average molecular weight is 425 g/mol. The topological polar surface area (TPSA) is 68.9 Å². The Morgan fingerprint density at radius 2 is 1.84 bits per heavy atom. The van der Waals surface area contributed by atoms with Crippen LogP contribution in [0.5, 0.6) is 0 Å². The molecular formula is C24H29FN4O2. The van der Waals surface area contributed by atoms with Gasteiger partial charge in [0.05, 0.1) is 18.1 Å². The Kier molecular flexibility index (Phi) is 6.20. The van der Waals surface area contributed by atoms with Crippen LogP contribution in [0.25, 0.3) is 10.8 Å². The van der Waals surface area contributed by atoms with Crippen LogP contribution in [-0.2, 0) is 17.9 Å². The van der Waals surface area contributed by atoms with Crippen molar-refractivity contribution in [3.8, 4) is 0 Å². The summed E-state index contributed by atoms with van der Waals surface area (Å²) < 4.78 is 17.3. The number of aromatic nitrogens is 3. The van der Waals surface area contributed by atoms with E-state index in [0.29, 0.717) is 17.5 Å². The molecule has 2 aromatic heterocycles. The number of nitrogens with zero attached hydrogens (tertiary/aromatic N) is 3. The number of hydrogen-bond acceptors (Lipinski definition) is 3. The second-order valence-electron chi connectivity index (χ2n) is 8.50. The van der Waals surface area contributed by atoms with Crippen LogP contribution in [0.1, 0.15) is 55.5 Å². The lowest BCUT2D eigenvalue weighted by Gasteiger charge is -2.16. The Morgan fingerprint density at radius 1 is 1.13 bits per heavy atom. The molecule has 0 radical (unpaired) electrons. The van der Waals surface area contributed by atoms with E-state index in [9.17, 15) is 14.0 Å². The van der Waals surface area contributed by atoms with Crippen molar-refractivity contribution in [3.63, 3.8) is 0 Å². The zero-order chi connectivity index (χ0) is 22.0. The summed E-state index contributed by atoms with van der Waals surface area (Å²) in [7, 11) is 0. The highest BCUT2D eigenvalue weighted by Gasteiger charge is 2.19. The molecule has 0 saturated heterocycles. The highest BCUT2D eigenvalue weighted by atomic mass is 19.1. The number of halogens is 1. The van der Waals surface area contributed by atoms with Crippen molar-refractivity contribution >= 4 is 16.7 Å². The maximum absolute atomic E-state index is 14.2. The van der Waals surface area contributed by atoms with Crippen molar-refractivity contribution in [3.05, 3.63) is 63.6 Å². The monoisotopic (exact) mass is 424 g/mol. The second-order valence-corrected chi connectivity index (χ2v) is 8.50. The first kappa shape index (κ1) is 21.3. The minimum absolute atomic E-state index is 0.0950. The first-order valence-electron chi connectivity index (χ1n) is 11.0. The largest absolute Gasteiger partial charge is 0.352 e. The lowest BCUT2D eigenvalue weighted by molar-refractivity contribution is -0.122. The van der Waals surface area contributed by atoms with E-state index in [1.54, 1.807) is 24.4 Å². The van der Waals surface area contributed by atoms with Gasteiger partial charge < -0.3 is 9.88 Å². The number of rotatable bonds is 5. The highest BCUT2D eigenvalue weighted by Crippen LogP contribution is 2.24. The summed E-state index contributed by atoms with van der Waals surface area (Å²) in [6.45, 7) is 4.00. The van der Waals surface area contributed by atoms with Crippen LogP contribution in [0.15, 0.2) is 35.3 Å². The molecule has 0 atom stereocenters. The molecule has 1 fully saturated rings. The zero-order valence-corrected chi connectivity index (χ0v) is 18.2. The molecule has 31 heavy (non-hydrogen) atoms. The average Bonchev–Trinajstić information content (AvgIpc) is 2.91. The smallest absolute Gasteiger partial charge is 0.276 e. The van der Waals surface area contributed by atoms with E-state index in [1.807, 2.05) is 18.4 Å². The number of carbonyl (C=O) groups is 1. The molecule has 0 aliphatic heterocycles. The fourth-order valence-electron chi connectivity index (χ4n) is 4.62. The third-order valence-corrected chi connectivity index (χ3v) is 6.41. The van der Waals surface area contributed by atoms with Gasteiger partial charge in [-0.1, -0.05) is 43.9 Å². The van der Waals surface area contributed by atoms with E-state index in [2.05, 4.69) is 10.4 Å². The van der Waals surface area contributed by atoms with Gasteiger partial charge in [-0.25, -0.2) is 9.07 Å². The van der Waals surface area contributed by atoms with Crippen LogP contribution in [0.3, 0.4) is 0 Å². The van der Waals surface area contributed by atoms with Gasteiger partial charge in [-0.05, 0) is 32.8 Å². The predicted molar refractivity (Wildman–Crippen MR) is 119 cm³/mol. The molecule has 6 nitrogen and oxygen atoms in total. The number of nitrogens with one attached hydrogen (secondary N) is 1. The van der Waals surface area contributed by atoms with Crippen LogP contribution in [0.2, 0.25) is 0 Å². The predicted octanol–water partition coefficient (Wildman–Crippen LogP) is 3.84. The summed E-state index contributed by atoms with van der Waals surface area (Å²) in [5, 5.41) is 8.59. The molecule has 3 aromatic rings. The van der Waals surface area contributed by atoms with Crippen LogP contribution in [-0.4, -0.2) is 26.3 Å². The normalized spacial score (nSPS) is 15.2. The zero-order valence-electron chi connectivity index (χ0n) is 18.2. The van der Waals surface area contributed by atoms with E-state index in [-0.39, 0.29) is 29.9 Å². The summed E-state index contributed by atoms with van der Waals surface area (Å²) in [4.78, 5) is 25.7. The molecular weight excluding hydrogens is 395 g/mol. The first-order chi connectivity index (χ1) is 15.0. The SMILES string of the molecule is Cc1c2cnn(CC(=O)NC3CCCCCC3)c(=O)c2c(C)n1Cc1ccccc1F. The molecule has 1 amide bonds. The van der Waals surface area contributed by atoms with Crippen molar-refractivity contribution in [1.82, 2.24) is 19.7 Å². The van der Waals surface area contributed by atoms with E-state index < -0.39 is 0 Å². The van der Waals surface area contributed by atoms with Gasteiger partial charge in [-0.3, -0.25) is 9.59 Å². The summed E-state index contributed by atoms with van der Waals surface area (Å²) >= 11 is 0. The highest BCUT2D eigenvalue weighted by molar-refractivity contribution is 5.87. The van der Waals surface area contributed by atoms with Crippen LogP contribution < -0.4 is 10.9 Å². The third kappa shape index (κ3) is 4.40. The molecule has 164 valence electrons. The number of amides is 1. The summed E-state index contributed by atoms with van der Waals surface area (Å²) in [5.74, 6) is -0.453. The Labute approximate surface area is 181 Å². The van der Waals surface area contributed by atoms with Gasteiger partial charge >= 0.3 is 0 Å². The number of benzene rings is 1. The molecule has 7 heteroatoms. The van der Waals surface area contributed by atoms with Crippen molar-refractivity contribution in [2.24, 2.45) is 0 Å². The van der Waals surface area contributed by atoms with Gasteiger partial charge in [0.1, 0.15) is 12.4 Å². The van der Waals surface area contributed by atoms with Gasteiger partial charge in [-0.15, -0.1) is 0 Å². The summed E-state index contributed by atoms with van der Waals surface area (Å²) in [6.07, 6.45) is 8.30. The number of aryl methyl sites for hydroxylation is 2. The summed E-state index contributed by atoms with van der Waals surface area (Å²) in [5.41, 5.74) is 1.88. The van der Waals surface area contributed by atoms with E-state index in [1.165, 1.54) is 23.6 Å². The van der Waals surface area contributed by atoms with E-state index in [0.717, 1.165) is 42.5 Å². The number of carbonyl (C=O) groups excluding carboxylic acids is 1. The maximum atomic E-state index is 14.2. The van der Waals surface area contributed by atoms with Gasteiger partial charge in [0.25, 0.3) is 5.56 Å². The molecule has 1 aliphatic rings. The molecule has 1 aliphatic carbocycles. The van der Waals surface area contributed by atoms with Crippen LogP contribution in [0, 0.1) is 19.7 Å². The van der Waals surface area contributed by atoms with Crippen molar-refractivity contribution in [2.75, 3.05) is 0 Å². The van der Waals surface area contributed by atoms with Gasteiger partial charge in [0.15, 0.2) is 0 Å². The van der Waals surface area contributed by atoms with Crippen molar-refractivity contribution in [2.45, 2.75) is 71.5 Å². The lowest BCUT2D eigenvalue weighted by atomic mass is 10.1. The fraction of sp³-hybridized carbons (Fsp3) is 0.458. The lowest BCUT2D eigenvalue weighted by Crippen LogP contribution is -2.39. The Bertz CT molecular complexity index is 1160. The summed E-state index contributed by atoms with van der Waals surface area (Å²) in [6, 6.07) is 6.82. The van der Waals surface area contributed by atoms with Gasteiger partial charge in [0.2, 0.25) is 5.91 Å².